The van der Waals surface area contributed by atoms with Gasteiger partial charge in [0.2, 0.25) is 15.9 Å². The fourth-order valence-corrected chi connectivity index (χ4v) is 4.60. The zero-order chi connectivity index (χ0) is 20.6. The van der Waals surface area contributed by atoms with Crippen LogP contribution in [0.4, 0.5) is 10.1 Å². The van der Waals surface area contributed by atoms with Crippen LogP contribution in [-0.2, 0) is 21.2 Å². The van der Waals surface area contributed by atoms with E-state index in [1.54, 1.807) is 0 Å². The highest BCUT2D eigenvalue weighted by Gasteiger charge is 2.23. The Morgan fingerprint density at radius 1 is 1.00 bits per heavy atom. The van der Waals surface area contributed by atoms with Crippen LogP contribution < -0.4 is 5.32 Å². The molecule has 5 nitrogen and oxygen atoms in total. The van der Waals surface area contributed by atoms with Crippen molar-refractivity contribution in [1.82, 2.24) is 4.31 Å². The maximum Gasteiger partial charge on any atom is 0.243 e. The molecule has 7 heteroatoms. The lowest BCUT2D eigenvalue weighted by Crippen LogP contribution is -2.35. The number of hydrogen-bond acceptors (Lipinski definition) is 3. The smallest absolute Gasteiger partial charge is 0.243 e. The van der Waals surface area contributed by atoms with Gasteiger partial charge < -0.3 is 5.32 Å². The van der Waals surface area contributed by atoms with Crippen molar-refractivity contribution in [2.24, 2.45) is 0 Å². The second-order valence-electron chi connectivity index (χ2n) is 6.97. The first-order valence-electron chi connectivity index (χ1n) is 9.07. The second-order valence-corrected chi connectivity index (χ2v) is 9.01. The number of rotatable bonds is 5. The van der Waals surface area contributed by atoms with Crippen molar-refractivity contribution in [2.45, 2.75) is 11.3 Å². The SMILES string of the molecule is CN(CC(=O)Nc1ccc2c(c1)-c1ccccc1C2)S(=O)(=O)c1ccc(F)cc1. The summed E-state index contributed by atoms with van der Waals surface area (Å²) in [4.78, 5) is 12.4. The molecule has 3 aromatic carbocycles. The first-order valence-corrected chi connectivity index (χ1v) is 10.5. The summed E-state index contributed by atoms with van der Waals surface area (Å²) >= 11 is 0. The number of carbonyl (C=O) groups excluding carboxylic acids is 1. The van der Waals surface area contributed by atoms with Crippen LogP contribution in [0.15, 0.2) is 71.6 Å². The highest BCUT2D eigenvalue weighted by Crippen LogP contribution is 2.37. The molecule has 3 aromatic rings. The van der Waals surface area contributed by atoms with E-state index in [1.807, 2.05) is 30.3 Å². The number of halogens is 1. The number of nitrogens with one attached hydrogen (secondary N) is 1. The molecule has 0 fully saturated rings. The molecule has 0 saturated carbocycles. The van der Waals surface area contributed by atoms with Crippen LogP contribution in [0.1, 0.15) is 11.1 Å². The number of amides is 1. The van der Waals surface area contributed by atoms with Crippen molar-refractivity contribution < 1.29 is 17.6 Å². The van der Waals surface area contributed by atoms with Crippen LogP contribution in [0.25, 0.3) is 11.1 Å². The molecule has 0 saturated heterocycles. The Labute approximate surface area is 168 Å². The molecule has 0 radical (unpaired) electrons. The second kappa shape index (κ2) is 7.42. The molecule has 0 atom stereocenters. The fraction of sp³-hybridized carbons (Fsp3) is 0.136. The molecule has 0 bridgehead atoms. The Balaban J connectivity index is 1.47. The van der Waals surface area contributed by atoms with E-state index in [-0.39, 0.29) is 11.4 Å². The molecule has 29 heavy (non-hydrogen) atoms. The van der Waals surface area contributed by atoms with Gasteiger partial charge in [0.15, 0.2) is 0 Å². The molecule has 0 spiro atoms. The fourth-order valence-electron chi connectivity index (χ4n) is 3.48. The summed E-state index contributed by atoms with van der Waals surface area (Å²) in [5.41, 5.74) is 5.27. The van der Waals surface area contributed by atoms with Crippen molar-refractivity contribution in [2.75, 3.05) is 18.9 Å². The molecule has 148 valence electrons. The summed E-state index contributed by atoms with van der Waals surface area (Å²) in [5.74, 6) is -0.980. The summed E-state index contributed by atoms with van der Waals surface area (Å²) in [6.07, 6.45) is 0.860. The van der Waals surface area contributed by atoms with Gasteiger partial charge in [-0.05, 0) is 65.1 Å². The lowest BCUT2D eigenvalue weighted by atomic mass is 10.1. The van der Waals surface area contributed by atoms with E-state index in [0.717, 1.165) is 34.0 Å². The number of fused-ring (bicyclic) bond motifs is 3. The maximum absolute atomic E-state index is 13.0. The standard InChI is InChI=1S/C22H19FN2O3S/c1-25(29(27,28)19-10-7-17(23)8-11-19)14-22(26)24-18-9-6-16-12-15-4-2-3-5-20(15)21(16)13-18/h2-11,13H,12,14H2,1H3,(H,24,26). The Hall–Kier alpha value is -3.03. The van der Waals surface area contributed by atoms with Crippen molar-refractivity contribution in [3.63, 3.8) is 0 Å². The van der Waals surface area contributed by atoms with E-state index in [2.05, 4.69) is 17.4 Å². The molecule has 0 aromatic heterocycles. The predicted molar refractivity (Wildman–Crippen MR) is 110 cm³/mol. The molecular weight excluding hydrogens is 391 g/mol. The molecule has 1 N–H and O–H groups in total. The van der Waals surface area contributed by atoms with Gasteiger partial charge in [0.25, 0.3) is 0 Å². The van der Waals surface area contributed by atoms with Gasteiger partial charge in [-0.15, -0.1) is 0 Å². The minimum atomic E-state index is -3.89. The number of likely N-dealkylation sites (N-methyl/N-ethyl adjacent to an activating group) is 1. The molecule has 1 aliphatic carbocycles. The Kier molecular flexibility index (Phi) is 4.94. The third kappa shape index (κ3) is 3.79. The Morgan fingerprint density at radius 2 is 1.69 bits per heavy atom. The monoisotopic (exact) mass is 410 g/mol. The van der Waals surface area contributed by atoms with Crippen LogP contribution in [0.5, 0.6) is 0 Å². The number of nitrogens with zero attached hydrogens (tertiary/aromatic N) is 1. The number of carbonyl (C=O) groups is 1. The van der Waals surface area contributed by atoms with Gasteiger partial charge in [-0.25, -0.2) is 12.8 Å². The third-order valence-corrected chi connectivity index (χ3v) is 6.79. The van der Waals surface area contributed by atoms with Gasteiger partial charge in [-0.2, -0.15) is 4.31 Å². The topological polar surface area (TPSA) is 66.5 Å². The molecule has 0 aliphatic heterocycles. The van der Waals surface area contributed by atoms with Crippen LogP contribution in [-0.4, -0.2) is 32.2 Å². The van der Waals surface area contributed by atoms with Crippen molar-refractivity contribution in [1.29, 1.82) is 0 Å². The summed E-state index contributed by atoms with van der Waals surface area (Å²) in [6.45, 7) is -0.354. The Bertz CT molecular complexity index is 1190. The first kappa shape index (κ1) is 19.3. The number of benzene rings is 3. The lowest BCUT2D eigenvalue weighted by molar-refractivity contribution is -0.116. The number of sulfonamides is 1. The minimum Gasteiger partial charge on any atom is -0.325 e. The van der Waals surface area contributed by atoms with Gasteiger partial charge in [0, 0.05) is 12.7 Å². The van der Waals surface area contributed by atoms with Gasteiger partial charge >= 0.3 is 0 Å². The zero-order valence-corrected chi connectivity index (χ0v) is 16.5. The molecule has 1 amide bonds. The van der Waals surface area contributed by atoms with Gasteiger partial charge in [-0.3, -0.25) is 4.79 Å². The highest BCUT2D eigenvalue weighted by atomic mass is 32.2. The third-order valence-electron chi connectivity index (χ3n) is 4.97. The van der Waals surface area contributed by atoms with E-state index in [4.69, 9.17) is 0 Å². The predicted octanol–water partition coefficient (Wildman–Crippen LogP) is 3.66. The summed E-state index contributed by atoms with van der Waals surface area (Å²) < 4.78 is 39.1. The molecule has 4 rings (SSSR count). The molecule has 0 heterocycles. The van der Waals surface area contributed by atoms with E-state index < -0.39 is 21.7 Å². The Morgan fingerprint density at radius 3 is 2.45 bits per heavy atom. The van der Waals surface area contributed by atoms with Gasteiger partial charge in [0.05, 0.1) is 11.4 Å². The van der Waals surface area contributed by atoms with Gasteiger partial charge in [-0.1, -0.05) is 30.3 Å². The molecular formula is C22H19FN2O3S. The van der Waals surface area contributed by atoms with E-state index in [9.17, 15) is 17.6 Å². The average molecular weight is 410 g/mol. The zero-order valence-electron chi connectivity index (χ0n) is 15.7. The summed E-state index contributed by atoms with van der Waals surface area (Å²) in [6, 6.07) is 18.3. The highest BCUT2D eigenvalue weighted by molar-refractivity contribution is 7.89. The van der Waals surface area contributed by atoms with E-state index >= 15 is 0 Å². The average Bonchev–Trinajstić information content (AvgIpc) is 3.06. The van der Waals surface area contributed by atoms with E-state index in [1.165, 1.54) is 30.3 Å². The molecule has 1 aliphatic rings. The number of anilines is 1. The van der Waals surface area contributed by atoms with Crippen LogP contribution in [0.3, 0.4) is 0 Å². The molecule has 0 unspecified atom stereocenters. The normalized spacial score (nSPS) is 12.5. The minimum absolute atomic E-state index is 0.0664. The van der Waals surface area contributed by atoms with Crippen molar-refractivity contribution in [3.05, 3.63) is 83.7 Å². The summed E-state index contributed by atoms with van der Waals surface area (Å²) in [5, 5.41) is 2.76. The van der Waals surface area contributed by atoms with Crippen molar-refractivity contribution >= 4 is 21.6 Å². The lowest BCUT2D eigenvalue weighted by Gasteiger charge is -2.17. The van der Waals surface area contributed by atoms with Crippen LogP contribution in [0, 0.1) is 5.82 Å². The van der Waals surface area contributed by atoms with Crippen LogP contribution >= 0.6 is 0 Å². The largest absolute Gasteiger partial charge is 0.325 e. The van der Waals surface area contributed by atoms with Gasteiger partial charge in [0.1, 0.15) is 5.82 Å². The first-order chi connectivity index (χ1) is 13.8. The van der Waals surface area contributed by atoms with E-state index in [0.29, 0.717) is 5.69 Å². The maximum atomic E-state index is 13.0. The quantitative estimate of drug-likeness (QED) is 0.546. The number of hydrogen-bond donors (Lipinski definition) is 1. The van der Waals surface area contributed by atoms with Crippen molar-refractivity contribution in [3.8, 4) is 11.1 Å². The van der Waals surface area contributed by atoms with Crippen LogP contribution in [0.2, 0.25) is 0 Å². The summed E-state index contributed by atoms with van der Waals surface area (Å²) in [7, 11) is -2.57.